The third kappa shape index (κ3) is 6.70. The molecule has 96 valence electrons. The van der Waals surface area contributed by atoms with Gasteiger partial charge in [0.1, 0.15) is 0 Å². The quantitative estimate of drug-likeness (QED) is 0.765. The van der Waals surface area contributed by atoms with E-state index in [0.717, 1.165) is 12.8 Å². The van der Waals surface area contributed by atoms with Crippen molar-refractivity contribution in [1.29, 1.82) is 0 Å². The molecule has 3 heteroatoms. The van der Waals surface area contributed by atoms with E-state index in [1.54, 1.807) is 7.05 Å². The van der Waals surface area contributed by atoms with E-state index >= 15 is 0 Å². The number of hydrogen-bond donors (Lipinski definition) is 2. The van der Waals surface area contributed by atoms with Crippen LogP contribution in [0.5, 0.6) is 0 Å². The smallest absolute Gasteiger partial charge is 0.314 e. The molecule has 16 heavy (non-hydrogen) atoms. The molecular weight excluding hydrogens is 200 g/mol. The predicted octanol–water partition coefficient (Wildman–Crippen LogP) is 3.16. The molecule has 1 atom stereocenters. The fraction of sp³-hybridized carbons (Fsp3) is 0.923. The van der Waals surface area contributed by atoms with Crippen molar-refractivity contribution >= 4 is 6.03 Å². The van der Waals surface area contributed by atoms with Crippen LogP contribution in [0.15, 0.2) is 0 Å². The molecule has 0 aromatic carbocycles. The summed E-state index contributed by atoms with van der Waals surface area (Å²) in [5, 5.41) is 5.64. The number of amides is 2. The van der Waals surface area contributed by atoms with E-state index in [0.29, 0.717) is 5.41 Å². The Kier molecular flexibility index (Phi) is 5.30. The van der Waals surface area contributed by atoms with Crippen molar-refractivity contribution in [2.45, 2.75) is 60.4 Å². The summed E-state index contributed by atoms with van der Waals surface area (Å²) in [6.45, 7) is 13.2. The van der Waals surface area contributed by atoms with Gasteiger partial charge in [0.05, 0.1) is 0 Å². The Balaban J connectivity index is 4.40. The highest BCUT2D eigenvalue weighted by atomic mass is 16.2. The molecule has 0 radical (unpaired) electrons. The first-order valence-corrected chi connectivity index (χ1v) is 6.04. The van der Waals surface area contributed by atoms with Crippen molar-refractivity contribution in [3.63, 3.8) is 0 Å². The van der Waals surface area contributed by atoms with Crippen LogP contribution in [-0.4, -0.2) is 19.1 Å². The zero-order valence-electron chi connectivity index (χ0n) is 11.9. The lowest BCUT2D eigenvalue weighted by molar-refractivity contribution is 0.204. The van der Waals surface area contributed by atoms with Crippen LogP contribution in [0.3, 0.4) is 0 Å². The van der Waals surface area contributed by atoms with Crippen molar-refractivity contribution in [1.82, 2.24) is 10.6 Å². The third-order valence-electron chi connectivity index (χ3n) is 2.76. The van der Waals surface area contributed by atoms with Gasteiger partial charge in [0.2, 0.25) is 0 Å². The number of urea groups is 1. The minimum Gasteiger partial charge on any atom is -0.341 e. The fourth-order valence-electron chi connectivity index (χ4n) is 1.53. The second kappa shape index (κ2) is 5.55. The van der Waals surface area contributed by atoms with Gasteiger partial charge in [-0.1, -0.05) is 41.5 Å². The van der Waals surface area contributed by atoms with Crippen molar-refractivity contribution in [3.05, 3.63) is 0 Å². The monoisotopic (exact) mass is 228 g/mol. The van der Waals surface area contributed by atoms with E-state index < -0.39 is 0 Å². The number of carbonyl (C=O) groups excluding carboxylic acids is 1. The van der Waals surface area contributed by atoms with Crippen LogP contribution >= 0.6 is 0 Å². The van der Waals surface area contributed by atoms with E-state index in [-0.39, 0.29) is 17.5 Å². The molecule has 0 saturated carbocycles. The summed E-state index contributed by atoms with van der Waals surface area (Å²) in [5.74, 6) is 0. The Bertz CT molecular complexity index is 223. The summed E-state index contributed by atoms with van der Waals surface area (Å²) < 4.78 is 0. The maximum atomic E-state index is 11.4. The van der Waals surface area contributed by atoms with Crippen molar-refractivity contribution in [3.8, 4) is 0 Å². The molecule has 0 bridgehead atoms. The minimum atomic E-state index is -0.0890. The maximum Gasteiger partial charge on any atom is 0.314 e. The van der Waals surface area contributed by atoms with E-state index in [1.807, 2.05) is 0 Å². The van der Waals surface area contributed by atoms with Crippen LogP contribution in [-0.2, 0) is 0 Å². The summed E-state index contributed by atoms with van der Waals surface area (Å²) in [6.07, 6.45) is 2.12. The van der Waals surface area contributed by atoms with Crippen molar-refractivity contribution in [2.75, 3.05) is 7.05 Å². The molecule has 1 unspecified atom stereocenters. The summed E-state index contributed by atoms with van der Waals surface area (Å²) in [5.41, 5.74) is 0.408. The zero-order chi connectivity index (χ0) is 13.0. The highest BCUT2D eigenvalue weighted by molar-refractivity contribution is 5.73. The highest BCUT2D eigenvalue weighted by Gasteiger charge is 2.27. The molecular formula is C13H28N2O. The van der Waals surface area contributed by atoms with Gasteiger partial charge in [-0.05, 0) is 23.7 Å². The number of rotatable bonds is 3. The third-order valence-corrected chi connectivity index (χ3v) is 2.76. The van der Waals surface area contributed by atoms with Gasteiger partial charge >= 0.3 is 6.03 Å². The predicted molar refractivity (Wildman–Crippen MR) is 69.5 cm³/mol. The van der Waals surface area contributed by atoms with E-state index in [2.05, 4.69) is 52.2 Å². The molecule has 0 saturated heterocycles. The minimum absolute atomic E-state index is 0.0890. The normalized spacial score (nSPS) is 14.4. The first-order valence-electron chi connectivity index (χ1n) is 6.04. The molecule has 0 aliphatic heterocycles. The SMILES string of the molecule is CNC(=O)NC(CCC(C)(C)C)C(C)(C)C. The number of hydrogen-bond acceptors (Lipinski definition) is 1. The molecule has 0 heterocycles. The van der Waals surface area contributed by atoms with Gasteiger partial charge in [0.25, 0.3) is 0 Å². The summed E-state index contributed by atoms with van der Waals surface area (Å²) in [4.78, 5) is 11.4. The molecule has 2 N–H and O–H groups in total. The van der Waals surface area contributed by atoms with Gasteiger partial charge in [-0.15, -0.1) is 0 Å². The van der Waals surface area contributed by atoms with Crippen LogP contribution in [0.1, 0.15) is 54.4 Å². The second-order valence-corrected chi connectivity index (χ2v) is 6.74. The summed E-state index contributed by atoms with van der Waals surface area (Å²) in [6, 6.07) is 0.125. The van der Waals surface area contributed by atoms with Crippen molar-refractivity contribution < 1.29 is 4.79 Å². The van der Waals surface area contributed by atoms with Crippen LogP contribution in [0.25, 0.3) is 0 Å². The Hall–Kier alpha value is -0.730. The number of carbonyl (C=O) groups is 1. The molecule has 0 aromatic rings. The average Bonchev–Trinajstić information content (AvgIpc) is 2.08. The van der Waals surface area contributed by atoms with Crippen molar-refractivity contribution in [2.24, 2.45) is 10.8 Å². The van der Waals surface area contributed by atoms with E-state index in [4.69, 9.17) is 0 Å². The first kappa shape index (κ1) is 15.3. The average molecular weight is 228 g/mol. The van der Waals surface area contributed by atoms with E-state index in [9.17, 15) is 4.79 Å². The van der Waals surface area contributed by atoms with Crippen LogP contribution in [0.2, 0.25) is 0 Å². The van der Waals surface area contributed by atoms with Crippen LogP contribution < -0.4 is 10.6 Å². The summed E-state index contributed by atoms with van der Waals surface area (Å²) in [7, 11) is 1.65. The Morgan fingerprint density at radius 3 is 1.94 bits per heavy atom. The molecule has 0 fully saturated rings. The van der Waals surface area contributed by atoms with Crippen LogP contribution in [0, 0.1) is 10.8 Å². The molecule has 0 rings (SSSR count). The molecule has 0 aliphatic carbocycles. The summed E-state index contributed by atoms with van der Waals surface area (Å²) >= 11 is 0. The lowest BCUT2D eigenvalue weighted by atomic mass is 9.80. The van der Waals surface area contributed by atoms with Gasteiger partial charge in [-0.3, -0.25) is 0 Å². The fourth-order valence-corrected chi connectivity index (χ4v) is 1.53. The number of nitrogens with one attached hydrogen (secondary N) is 2. The molecule has 0 aromatic heterocycles. The zero-order valence-corrected chi connectivity index (χ0v) is 11.9. The van der Waals surface area contributed by atoms with Gasteiger partial charge in [0.15, 0.2) is 0 Å². The largest absolute Gasteiger partial charge is 0.341 e. The lowest BCUT2D eigenvalue weighted by Gasteiger charge is -2.33. The van der Waals surface area contributed by atoms with Gasteiger partial charge in [-0.2, -0.15) is 0 Å². The Labute approximate surface area is 100 Å². The second-order valence-electron chi connectivity index (χ2n) is 6.74. The lowest BCUT2D eigenvalue weighted by Crippen LogP contribution is -2.47. The first-order chi connectivity index (χ1) is 7.06. The Morgan fingerprint density at radius 1 is 1.12 bits per heavy atom. The van der Waals surface area contributed by atoms with Gasteiger partial charge < -0.3 is 10.6 Å². The topological polar surface area (TPSA) is 41.1 Å². The van der Waals surface area contributed by atoms with Gasteiger partial charge in [0, 0.05) is 13.1 Å². The standard InChI is InChI=1S/C13H28N2O/c1-12(2,3)9-8-10(13(4,5)6)15-11(16)14-7/h10H,8-9H2,1-7H3,(H2,14,15,16). The van der Waals surface area contributed by atoms with E-state index in [1.165, 1.54) is 0 Å². The maximum absolute atomic E-state index is 11.4. The highest BCUT2D eigenvalue weighted by Crippen LogP contribution is 2.28. The van der Waals surface area contributed by atoms with Gasteiger partial charge in [-0.25, -0.2) is 4.79 Å². The molecule has 0 aliphatic rings. The molecule has 3 nitrogen and oxygen atoms in total. The Morgan fingerprint density at radius 2 is 1.62 bits per heavy atom. The van der Waals surface area contributed by atoms with Crippen LogP contribution in [0.4, 0.5) is 4.79 Å². The molecule has 0 spiro atoms. The molecule has 2 amide bonds.